The lowest BCUT2D eigenvalue weighted by molar-refractivity contribution is -0.122. The number of aromatic nitrogens is 3. The van der Waals surface area contributed by atoms with Crippen molar-refractivity contribution in [2.75, 3.05) is 19.6 Å². The average molecular weight is 317 g/mol. The van der Waals surface area contributed by atoms with Crippen LogP contribution >= 0.6 is 0 Å². The number of aryl methyl sites for hydroxylation is 1. The van der Waals surface area contributed by atoms with Crippen LogP contribution in [0.4, 0.5) is 0 Å². The topological polar surface area (TPSA) is 71.6 Å². The SMILES string of the molecule is CCN1CCC[C@H]1CNC(=O)Cn1nc(C)n2cccc2c1=O. The number of nitrogens with zero attached hydrogens (tertiary/aromatic N) is 4. The first kappa shape index (κ1) is 15.7. The molecule has 0 saturated carbocycles. The van der Waals surface area contributed by atoms with Crippen molar-refractivity contribution in [1.29, 1.82) is 0 Å². The summed E-state index contributed by atoms with van der Waals surface area (Å²) in [7, 11) is 0. The number of amides is 1. The Morgan fingerprint density at radius 3 is 3.09 bits per heavy atom. The molecular formula is C16H23N5O2. The zero-order valence-corrected chi connectivity index (χ0v) is 13.7. The summed E-state index contributed by atoms with van der Waals surface area (Å²) in [5, 5.41) is 7.16. The highest BCUT2D eigenvalue weighted by Gasteiger charge is 2.23. The van der Waals surface area contributed by atoms with Crippen LogP contribution < -0.4 is 10.9 Å². The van der Waals surface area contributed by atoms with Crippen LogP contribution in [0.25, 0.3) is 5.52 Å². The first-order chi connectivity index (χ1) is 11.1. The molecule has 1 aliphatic rings. The third-order valence-corrected chi connectivity index (χ3v) is 4.55. The van der Waals surface area contributed by atoms with Crippen LogP contribution in [0.15, 0.2) is 23.1 Å². The summed E-state index contributed by atoms with van der Waals surface area (Å²) in [4.78, 5) is 26.9. The predicted molar refractivity (Wildman–Crippen MR) is 87.5 cm³/mol. The molecular weight excluding hydrogens is 294 g/mol. The van der Waals surface area contributed by atoms with E-state index in [1.807, 2.05) is 6.92 Å². The molecule has 0 bridgehead atoms. The number of likely N-dealkylation sites (tertiary alicyclic amines) is 1. The highest BCUT2D eigenvalue weighted by Crippen LogP contribution is 2.15. The highest BCUT2D eigenvalue weighted by molar-refractivity contribution is 5.75. The molecule has 3 heterocycles. The van der Waals surface area contributed by atoms with E-state index in [0.29, 0.717) is 23.9 Å². The van der Waals surface area contributed by atoms with Crippen molar-refractivity contribution >= 4 is 11.4 Å². The van der Waals surface area contributed by atoms with Gasteiger partial charge in [-0.1, -0.05) is 6.92 Å². The molecule has 1 N–H and O–H groups in total. The molecule has 1 amide bonds. The van der Waals surface area contributed by atoms with Crippen LogP contribution in [-0.2, 0) is 11.3 Å². The van der Waals surface area contributed by atoms with E-state index >= 15 is 0 Å². The Labute approximate surface area is 134 Å². The molecule has 1 fully saturated rings. The van der Waals surface area contributed by atoms with Crippen LogP contribution in [0, 0.1) is 6.92 Å². The highest BCUT2D eigenvalue weighted by atomic mass is 16.2. The van der Waals surface area contributed by atoms with Gasteiger partial charge in [0.15, 0.2) is 0 Å². The quantitative estimate of drug-likeness (QED) is 0.867. The van der Waals surface area contributed by atoms with Crippen LogP contribution in [0.2, 0.25) is 0 Å². The van der Waals surface area contributed by atoms with Gasteiger partial charge in [0, 0.05) is 18.8 Å². The second kappa shape index (κ2) is 6.54. The van der Waals surface area contributed by atoms with Gasteiger partial charge in [0.05, 0.1) is 0 Å². The largest absolute Gasteiger partial charge is 0.353 e. The Morgan fingerprint density at radius 2 is 2.30 bits per heavy atom. The summed E-state index contributed by atoms with van der Waals surface area (Å²) < 4.78 is 2.97. The normalized spacial score (nSPS) is 18.6. The van der Waals surface area contributed by atoms with Gasteiger partial charge in [0.2, 0.25) is 5.91 Å². The van der Waals surface area contributed by atoms with Gasteiger partial charge < -0.3 is 5.32 Å². The maximum absolute atomic E-state index is 12.3. The molecule has 1 atom stereocenters. The molecule has 0 aromatic carbocycles. The number of fused-ring (bicyclic) bond motifs is 1. The summed E-state index contributed by atoms with van der Waals surface area (Å²) in [6, 6.07) is 3.95. The minimum Gasteiger partial charge on any atom is -0.353 e. The van der Waals surface area contributed by atoms with E-state index in [2.05, 4.69) is 22.2 Å². The van der Waals surface area contributed by atoms with Crippen LogP contribution in [0.3, 0.4) is 0 Å². The maximum atomic E-state index is 12.3. The molecule has 3 rings (SSSR count). The zero-order chi connectivity index (χ0) is 16.4. The van der Waals surface area contributed by atoms with Crippen LogP contribution in [0.1, 0.15) is 25.6 Å². The Kier molecular flexibility index (Phi) is 4.47. The van der Waals surface area contributed by atoms with E-state index in [4.69, 9.17) is 0 Å². The van der Waals surface area contributed by atoms with E-state index in [9.17, 15) is 9.59 Å². The van der Waals surface area contributed by atoms with Crippen molar-refractivity contribution in [3.63, 3.8) is 0 Å². The van der Waals surface area contributed by atoms with Crippen molar-refractivity contribution in [2.45, 2.75) is 39.3 Å². The molecule has 2 aromatic heterocycles. The molecule has 7 nitrogen and oxygen atoms in total. The van der Waals surface area contributed by atoms with E-state index in [1.54, 1.807) is 22.7 Å². The summed E-state index contributed by atoms with van der Waals surface area (Å²) in [5.41, 5.74) is 0.296. The van der Waals surface area contributed by atoms with Crippen molar-refractivity contribution < 1.29 is 4.79 Å². The summed E-state index contributed by atoms with van der Waals surface area (Å²) in [5.74, 6) is 0.517. The molecule has 124 valence electrons. The van der Waals surface area contributed by atoms with E-state index < -0.39 is 0 Å². The second-order valence-electron chi connectivity index (χ2n) is 6.00. The lowest BCUT2D eigenvalue weighted by atomic mass is 10.2. The minimum absolute atomic E-state index is 0.0415. The van der Waals surface area contributed by atoms with Gasteiger partial charge in [-0.2, -0.15) is 5.10 Å². The molecule has 1 saturated heterocycles. The summed E-state index contributed by atoms with van der Waals surface area (Å²) in [6.45, 7) is 6.65. The number of hydrogen-bond donors (Lipinski definition) is 1. The Balaban J connectivity index is 1.66. The molecule has 0 spiro atoms. The standard InChI is InChI=1S/C16H23N5O2/c1-3-19-8-4-6-13(19)10-17-15(22)11-21-16(23)14-7-5-9-20(14)12(2)18-21/h5,7,9,13H,3-4,6,8,10-11H2,1-2H3,(H,17,22)/t13-/m0/s1. The van der Waals surface area contributed by atoms with Gasteiger partial charge in [-0.15, -0.1) is 0 Å². The first-order valence-corrected chi connectivity index (χ1v) is 8.15. The summed E-state index contributed by atoms with van der Waals surface area (Å²) in [6.07, 6.45) is 4.09. The Hall–Kier alpha value is -2.15. The first-order valence-electron chi connectivity index (χ1n) is 8.15. The van der Waals surface area contributed by atoms with Crippen molar-refractivity contribution in [3.8, 4) is 0 Å². The third kappa shape index (κ3) is 3.14. The number of carbonyl (C=O) groups is 1. The van der Waals surface area contributed by atoms with Gasteiger partial charge in [-0.3, -0.25) is 18.9 Å². The van der Waals surface area contributed by atoms with Crippen LogP contribution in [-0.4, -0.2) is 50.7 Å². The fraction of sp³-hybridized carbons (Fsp3) is 0.562. The molecule has 2 aromatic rings. The van der Waals surface area contributed by atoms with Gasteiger partial charge >= 0.3 is 0 Å². The second-order valence-corrected chi connectivity index (χ2v) is 6.00. The number of carbonyl (C=O) groups excluding carboxylic acids is 1. The molecule has 0 aliphatic carbocycles. The molecule has 7 heteroatoms. The zero-order valence-electron chi connectivity index (χ0n) is 13.7. The lowest BCUT2D eigenvalue weighted by Gasteiger charge is -2.22. The molecule has 23 heavy (non-hydrogen) atoms. The number of likely N-dealkylation sites (N-methyl/N-ethyl adjacent to an activating group) is 1. The molecule has 0 unspecified atom stereocenters. The van der Waals surface area contributed by atoms with Crippen molar-refractivity contribution in [2.24, 2.45) is 0 Å². The fourth-order valence-electron chi connectivity index (χ4n) is 3.31. The number of nitrogens with one attached hydrogen (secondary N) is 1. The fourth-order valence-corrected chi connectivity index (χ4v) is 3.31. The smallest absolute Gasteiger partial charge is 0.291 e. The maximum Gasteiger partial charge on any atom is 0.291 e. The van der Waals surface area contributed by atoms with Crippen LogP contribution in [0.5, 0.6) is 0 Å². The van der Waals surface area contributed by atoms with E-state index in [-0.39, 0.29) is 18.0 Å². The van der Waals surface area contributed by atoms with Crippen molar-refractivity contribution in [1.82, 2.24) is 24.4 Å². The average Bonchev–Trinajstić information content (AvgIpc) is 3.19. The summed E-state index contributed by atoms with van der Waals surface area (Å²) >= 11 is 0. The van der Waals surface area contributed by atoms with Gasteiger partial charge in [-0.05, 0) is 45.0 Å². The third-order valence-electron chi connectivity index (χ3n) is 4.55. The molecule has 0 radical (unpaired) electrons. The molecule has 1 aliphatic heterocycles. The number of rotatable bonds is 5. The Morgan fingerprint density at radius 1 is 1.48 bits per heavy atom. The number of hydrogen-bond acceptors (Lipinski definition) is 4. The van der Waals surface area contributed by atoms with Crippen molar-refractivity contribution in [3.05, 3.63) is 34.5 Å². The van der Waals surface area contributed by atoms with Gasteiger partial charge in [-0.25, -0.2) is 4.68 Å². The van der Waals surface area contributed by atoms with Gasteiger partial charge in [0.1, 0.15) is 17.9 Å². The van der Waals surface area contributed by atoms with E-state index in [0.717, 1.165) is 19.5 Å². The van der Waals surface area contributed by atoms with E-state index in [1.165, 1.54) is 11.1 Å². The minimum atomic E-state index is -0.244. The lowest BCUT2D eigenvalue weighted by Crippen LogP contribution is -2.42. The Bertz CT molecular complexity index is 763. The predicted octanol–water partition coefficient (Wildman–Crippen LogP) is 0.405. The monoisotopic (exact) mass is 317 g/mol. The van der Waals surface area contributed by atoms with Gasteiger partial charge in [0.25, 0.3) is 5.56 Å².